The summed E-state index contributed by atoms with van der Waals surface area (Å²) in [5.41, 5.74) is 0. The van der Waals surface area contributed by atoms with E-state index in [0.717, 1.165) is 6.42 Å². The Morgan fingerprint density at radius 2 is 1.58 bits per heavy atom. The maximum atomic E-state index is 12.7. The van der Waals surface area contributed by atoms with Crippen LogP contribution in [0.25, 0.3) is 0 Å². The van der Waals surface area contributed by atoms with Crippen LogP contribution in [0.5, 0.6) is 0 Å². The molecule has 2 amide bonds. The predicted octanol–water partition coefficient (Wildman–Crippen LogP) is 0.349. The van der Waals surface area contributed by atoms with E-state index in [4.69, 9.17) is 4.74 Å². The summed E-state index contributed by atoms with van der Waals surface area (Å²) in [5.74, 6) is -0.0500. The van der Waals surface area contributed by atoms with E-state index in [1.54, 1.807) is 16.7 Å². The summed E-state index contributed by atoms with van der Waals surface area (Å²) >= 11 is 0. The molecule has 0 N–H and O–H groups in total. The average Bonchev–Trinajstić information content (AvgIpc) is 2.80. The normalized spacial score (nSPS) is 21.4. The van der Waals surface area contributed by atoms with Gasteiger partial charge in [-0.05, 0) is 26.2 Å². The fourth-order valence-corrected chi connectivity index (χ4v) is 4.10. The lowest BCUT2D eigenvalue weighted by atomic mass is 9.96. The first-order valence-electron chi connectivity index (χ1n) is 8.48. The Balaban J connectivity index is 1.86. The van der Waals surface area contributed by atoms with Crippen LogP contribution in [-0.4, -0.2) is 86.7 Å². The smallest absolute Gasteiger partial charge is 0.409 e. The largest absolute Gasteiger partial charge is 0.450 e. The summed E-state index contributed by atoms with van der Waals surface area (Å²) < 4.78 is 29.5. The molecule has 2 aliphatic rings. The molecule has 0 aromatic carbocycles. The molecule has 24 heavy (non-hydrogen) atoms. The summed E-state index contributed by atoms with van der Waals surface area (Å²) in [6.45, 7) is 5.12. The minimum absolute atomic E-state index is 0.0776. The van der Waals surface area contributed by atoms with Crippen molar-refractivity contribution in [3.63, 3.8) is 0 Å². The number of nitrogens with zero attached hydrogens (tertiary/aromatic N) is 3. The van der Waals surface area contributed by atoms with Gasteiger partial charge >= 0.3 is 6.09 Å². The van der Waals surface area contributed by atoms with Gasteiger partial charge in [-0.25, -0.2) is 17.5 Å². The third-order valence-corrected chi connectivity index (χ3v) is 5.91. The molecule has 2 aliphatic heterocycles. The molecule has 0 aromatic heterocycles. The van der Waals surface area contributed by atoms with Crippen LogP contribution in [0.1, 0.15) is 26.2 Å². The maximum Gasteiger partial charge on any atom is 0.409 e. The standard InChI is InChI=1S/C15H27N3O5S/c1-3-23-15(20)17-8-4-7-16(11-12-17)14(19)13-5-9-18(10-6-13)24(2,21)22/h13H,3-12H2,1-2H3. The zero-order chi connectivity index (χ0) is 17.7. The van der Waals surface area contributed by atoms with Crippen molar-refractivity contribution in [3.8, 4) is 0 Å². The number of sulfonamides is 1. The molecule has 0 spiro atoms. The first-order chi connectivity index (χ1) is 11.3. The number of hydrogen-bond donors (Lipinski definition) is 0. The highest BCUT2D eigenvalue weighted by atomic mass is 32.2. The van der Waals surface area contributed by atoms with Crippen LogP contribution < -0.4 is 0 Å². The Labute approximate surface area is 143 Å². The van der Waals surface area contributed by atoms with Crippen LogP contribution in [0.2, 0.25) is 0 Å². The average molecular weight is 361 g/mol. The molecule has 0 bridgehead atoms. The topological polar surface area (TPSA) is 87.2 Å². The van der Waals surface area contributed by atoms with E-state index in [9.17, 15) is 18.0 Å². The van der Waals surface area contributed by atoms with E-state index in [1.807, 2.05) is 0 Å². The van der Waals surface area contributed by atoms with Gasteiger partial charge in [-0.2, -0.15) is 0 Å². The highest BCUT2D eigenvalue weighted by Gasteiger charge is 2.32. The van der Waals surface area contributed by atoms with Crippen molar-refractivity contribution in [3.05, 3.63) is 0 Å². The van der Waals surface area contributed by atoms with Crippen molar-refractivity contribution in [2.24, 2.45) is 5.92 Å². The molecule has 9 heteroatoms. The molecule has 0 saturated carbocycles. The third-order valence-electron chi connectivity index (χ3n) is 4.61. The van der Waals surface area contributed by atoms with Crippen molar-refractivity contribution in [2.75, 3.05) is 52.1 Å². The Morgan fingerprint density at radius 1 is 1.00 bits per heavy atom. The van der Waals surface area contributed by atoms with Gasteiger partial charge in [-0.15, -0.1) is 0 Å². The number of piperidine rings is 1. The van der Waals surface area contributed by atoms with Crippen molar-refractivity contribution in [1.82, 2.24) is 14.1 Å². The van der Waals surface area contributed by atoms with Crippen LogP contribution >= 0.6 is 0 Å². The molecule has 0 unspecified atom stereocenters. The minimum atomic E-state index is -3.18. The first-order valence-corrected chi connectivity index (χ1v) is 10.3. The molecule has 0 aromatic rings. The van der Waals surface area contributed by atoms with Gasteiger partial charge < -0.3 is 14.5 Å². The van der Waals surface area contributed by atoms with E-state index in [-0.39, 0.29) is 17.9 Å². The highest BCUT2D eigenvalue weighted by Crippen LogP contribution is 2.22. The lowest BCUT2D eigenvalue weighted by Gasteiger charge is -2.32. The first kappa shape index (κ1) is 19.0. The van der Waals surface area contributed by atoms with E-state index in [1.165, 1.54) is 10.6 Å². The summed E-state index contributed by atoms with van der Waals surface area (Å²) in [6.07, 6.45) is 2.72. The summed E-state index contributed by atoms with van der Waals surface area (Å²) in [7, 11) is -3.18. The van der Waals surface area contributed by atoms with Crippen LogP contribution in [0.4, 0.5) is 4.79 Å². The Morgan fingerprint density at radius 3 is 2.17 bits per heavy atom. The molecule has 0 aliphatic carbocycles. The molecule has 2 saturated heterocycles. The molecule has 138 valence electrons. The molecule has 2 rings (SSSR count). The zero-order valence-electron chi connectivity index (χ0n) is 14.4. The van der Waals surface area contributed by atoms with Gasteiger partial charge in [-0.1, -0.05) is 0 Å². The van der Waals surface area contributed by atoms with E-state index in [2.05, 4.69) is 0 Å². The zero-order valence-corrected chi connectivity index (χ0v) is 15.3. The fraction of sp³-hybridized carbons (Fsp3) is 0.867. The summed E-state index contributed by atoms with van der Waals surface area (Å²) in [6, 6.07) is 0. The van der Waals surface area contributed by atoms with Crippen LogP contribution in [0.3, 0.4) is 0 Å². The number of hydrogen-bond acceptors (Lipinski definition) is 5. The SMILES string of the molecule is CCOC(=O)N1CCCN(C(=O)C2CCN(S(C)(=O)=O)CC2)CC1. The van der Waals surface area contributed by atoms with E-state index in [0.29, 0.717) is 58.7 Å². The number of rotatable bonds is 3. The van der Waals surface area contributed by atoms with E-state index < -0.39 is 10.0 Å². The molecular formula is C15H27N3O5S. The van der Waals surface area contributed by atoms with Crippen molar-refractivity contribution in [1.29, 1.82) is 0 Å². The quantitative estimate of drug-likeness (QED) is 0.724. The molecular weight excluding hydrogens is 334 g/mol. The van der Waals surface area contributed by atoms with Gasteiger partial charge in [0.15, 0.2) is 0 Å². The van der Waals surface area contributed by atoms with Gasteiger partial charge in [0.25, 0.3) is 0 Å². The van der Waals surface area contributed by atoms with Gasteiger partial charge in [-0.3, -0.25) is 4.79 Å². The third kappa shape index (κ3) is 4.83. The number of carbonyl (C=O) groups excluding carboxylic acids is 2. The second-order valence-electron chi connectivity index (χ2n) is 6.30. The summed E-state index contributed by atoms with van der Waals surface area (Å²) in [5, 5.41) is 0. The van der Waals surface area contributed by atoms with Gasteiger partial charge in [0.05, 0.1) is 12.9 Å². The van der Waals surface area contributed by atoms with Crippen molar-refractivity contribution >= 4 is 22.0 Å². The Bertz CT molecular complexity index is 557. The second kappa shape index (κ2) is 8.15. The van der Waals surface area contributed by atoms with Crippen molar-refractivity contribution < 1.29 is 22.7 Å². The fourth-order valence-electron chi connectivity index (χ4n) is 3.23. The molecule has 0 atom stereocenters. The minimum Gasteiger partial charge on any atom is -0.450 e. The second-order valence-corrected chi connectivity index (χ2v) is 8.28. The lowest BCUT2D eigenvalue weighted by molar-refractivity contribution is -0.136. The van der Waals surface area contributed by atoms with Crippen molar-refractivity contribution in [2.45, 2.75) is 26.2 Å². The van der Waals surface area contributed by atoms with Gasteiger partial charge in [0, 0.05) is 45.2 Å². The maximum absolute atomic E-state index is 12.7. The molecule has 8 nitrogen and oxygen atoms in total. The molecule has 2 fully saturated rings. The summed E-state index contributed by atoms with van der Waals surface area (Å²) in [4.78, 5) is 27.9. The van der Waals surface area contributed by atoms with Gasteiger partial charge in [0.2, 0.25) is 15.9 Å². The number of amides is 2. The number of ether oxygens (including phenoxy) is 1. The monoisotopic (exact) mass is 361 g/mol. The molecule has 0 radical (unpaired) electrons. The lowest BCUT2D eigenvalue weighted by Crippen LogP contribution is -2.45. The number of carbonyl (C=O) groups is 2. The molecule has 2 heterocycles. The Hall–Kier alpha value is -1.35. The predicted molar refractivity (Wildman–Crippen MR) is 88.9 cm³/mol. The van der Waals surface area contributed by atoms with Gasteiger partial charge in [0.1, 0.15) is 0 Å². The van der Waals surface area contributed by atoms with E-state index >= 15 is 0 Å². The van der Waals surface area contributed by atoms with Crippen LogP contribution in [-0.2, 0) is 19.6 Å². The van der Waals surface area contributed by atoms with Crippen LogP contribution in [0, 0.1) is 5.92 Å². The highest BCUT2D eigenvalue weighted by molar-refractivity contribution is 7.88. The Kier molecular flexibility index (Phi) is 6.45. The van der Waals surface area contributed by atoms with Crippen LogP contribution in [0.15, 0.2) is 0 Å².